The summed E-state index contributed by atoms with van der Waals surface area (Å²) < 4.78 is 12.0. The van der Waals surface area contributed by atoms with Gasteiger partial charge in [-0.2, -0.15) is 4.98 Å². The Hall–Kier alpha value is -2.91. The van der Waals surface area contributed by atoms with Gasteiger partial charge in [-0.25, -0.2) is 0 Å². The molecule has 0 bridgehead atoms. The van der Waals surface area contributed by atoms with E-state index < -0.39 is 0 Å². The molecule has 0 saturated carbocycles. The molecule has 0 spiro atoms. The molecule has 2 aliphatic heterocycles. The van der Waals surface area contributed by atoms with Crippen LogP contribution in [0.5, 0.6) is 5.75 Å². The van der Waals surface area contributed by atoms with Crippen LogP contribution in [-0.4, -0.2) is 72.2 Å². The Morgan fingerprint density at radius 1 is 1.09 bits per heavy atom. The third-order valence-electron chi connectivity index (χ3n) is 6.80. The molecule has 2 saturated heterocycles. The number of halogens is 1. The fraction of sp³-hybridized carbons (Fsp3) is 0.423. The van der Waals surface area contributed by atoms with Gasteiger partial charge in [0.15, 0.2) is 0 Å². The molecule has 3 heterocycles. The van der Waals surface area contributed by atoms with Crippen LogP contribution in [0.1, 0.15) is 18.7 Å². The van der Waals surface area contributed by atoms with Crippen LogP contribution in [0, 0.1) is 5.92 Å². The van der Waals surface area contributed by atoms with Crippen LogP contribution in [-0.2, 0) is 11.3 Å². The molecule has 184 valence electrons. The normalized spacial score (nSPS) is 19.1. The van der Waals surface area contributed by atoms with Gasteiger partial charge in [0.25, 0.3) is 0 Å². The Balaban J connectivity index is 1.15. The molecular formula is C26H30BrN5O3. The number of aromatic nitrogens is 2. The first-order valence-electron chi connectivity index (χ1n) is 12.1. The van der Waals surface area contributed by atoms with E-state index in [9.17, 15) is 4.79 Å². The van der Waals surface area contributed by atoms with Gasteiger partial charge < -0.3 is 19.1 Å². The lowest BCUT2D eigenvalue weighted by molar-refractivity contribution is -0.137. The van der Waals surface area contributed by atoms with E-state index in [0.29, 0.717) is 18.3 Å². The number of piperazine rings is 1. The predicted molar refractivity (Wildman–Crippen MR) is 137 cm³/mol. The van der Waals surface area contributed by atoms with E-state index in [1.165, 1.54) is 0 Å². The molecule has 0 radical (unpaired) electrons. The lowest BCUT2D eigenvalue weighted by atomic mass is 9.96. The molecule has 0 N–H and O–H groups in total. The Kier molecular flexibility index (Phi) is 7.34. The average molecular weight is 540 g/mol. The maximum atomic E-state index is 13.3. The first kappa shape index (κ1) is 23.8. The number of likely N-dealkylation sites (tertiary alicyclic amines) is 1. The van der Waals surface area contributed by atoms with Gasteiger partial charge in [0.1, 0.15) is 5.75 Å². The molecule has 1 atom stereocenters. The summed E-state index contributed by atoms with van der Waals surface area (Å²) >= 11 is 3.44. The second kappa shape index (κ2) is 10.8. The number of hydrogen-bond donors (Lipinski definition) is 0. The van der Waals surface area contributed by atoms with Gasteiger partial charge in [-0.05, 0) is 55.8 Å². The van der Waals surface area contributed by atoms with Crippen LogP contribution in [0.15, 0.2) is 57.5 Å². The van der Waals surface area contributed by atoms with Crippen molar-refractivity contribution in [2.75, 3.05) is 51.3 Å². The number of piperidine rings is 1. The van der Waals surface area contributed by atoms with Crippen molar-refractivity contribution in [1.82, 2.24) is 19.9 Å². The van der Waals surface area contributed by atoms with Crippen molar-refractivity contribution < 1.29 is 14.1 Å². The molecule has 9 heteroatoms. The fourth-order valence-electron chi connectivity index (χ4n) is 4.94. The molecule has 5 rings (SSSR count). The van der Waals surface area contributed by atoms with Gasteiger partial charge in [-0.15, -0.1) is 0 Å². The minimum absolute atomic E-state index is 0.00965. The van der Waals surface area contributed by atoms with E-state index in [0.717, 1.165) is 73.6 Å². The Morgan fingerprint density at radius 3 is 2.63 bits per heavy atom. The number of anilines is 1. The number of methoxy groups -OCH3 is 1. The largest absolute Gasteiger partial charge is 0.495 e. The summed E-state index contributed by atoms with van der Waals surface area (Å²) in [6.07, 6.45) is 1.92. The maximum absolute atomic E-state index is 13.3. The van der Waals surface area contributed by atoms with E-state index in [1.807, 2.05) is 47.4 Å². The van der Waals surface area contributed by atoms with E-state index in [2.05, 4.69) is 41.9 Å². The highest BCUT2D eigenvalue weighted by molar-refractivity contribution is 9.10. The molecule has 8 nitrogen and oxygen atoms in total. The summed E-state index contributed by atoms with van der Waals surface area (Å²) in [6.45, 7) is 5.30. The quantitative estimate of drug-likeness (QED) is 0.467. The van der Waals surface area contributed by atoms with Gasteiger partial charge in [0, 0.05) is 42.8 Å². The number of ether oxygens (including phenoxy) is 1. The molecule has 3 aromatic rings. The minimum Gasteiger partial charge on any atom is -0.495 e. The topological polar surface area (TPSA) is 74.9 Å². The third-order valence-corrected chi connectivity index (χ3v) is 7.33. The van der Waals surface area contributed by atoms with Crippen molar-refractivity contribution in [1.29, 1.82) is 0 Å². The van der Waals surface area contributed by atoms with E-state index in [-0.39, 0.29) is 11.8 Å². The molecule has 35 heavy (non-hydrogen) atoms. The number of amides is 1. The number of rotatable bonds is 6. The zero-order chi connectivity index (χ0) is 24.2. The van der Waals surface area contributed by atoms with Crippen LogP contribution < -0.4 is 9.64 Å². The molecule has 2 fully saturated rings. The third kappa shape index (κ3) is 5.51. The number of hydrogen-bond acceptors (Lipinski definition) is 7. The van der Waals surface area contributed by atoms with Crippen LogP contribution >= 0.6 is 15.9 Å². The molecule has 0 aliphatic carbocycles. The standard InChI is InChI=1S/C26H30BrN5O3/c1-34-23-7-3-2-6-22(23)31-13-15-32(16-14-31)26(33)20-5-4-12-30(17-20)18-24-28-25(29-35-24)19-8-10-21(27)11-9-19/h2-3,6-11,20H,4-5,12-18H2,1H3. The van der Waals surface area contributed by atoms with Gasteiger partial charge in [0.05, 0.1) is 25.3 Å². The smallest absolute Gasteiger partial charge is 0.241 e. The maximum Gasteiger partial charge on any atom is 0.241 e. The summed E-state index contributed by atoms with van der Waals surface area (Å²) in [6, 6.07) is 15.9. The highest BCUT2D eigenvalue weighted by atomic mass is 79.9. The van der Waals surface area contributed by atoms with Gasteiger partial charge in [0.2, 0.25) is 17.6 Å². The van der Waals surface area contributed by atoms with Crippen LogP contribution in [0.2, 0.25) is 0 Å². The second-order valence-corrected chi connectivity index (χ2v) is 9.99. The Bertz CT molecular complexity index is 1140. The van der Waals surface area contributed by atoms with Crippen molar-refractivity contribution in [3.05, 3.63) is 58.9 Å². The van der Waals surface area contributed by atoms with E-state index in [4.69, 9.17) is 9.26 Å². The molecule has 1 aromatic heterocycles. The fourth-order valence-corrected chi connectivity index (χ4v) is 5.21. The Morgan fingerprint density at radius 2 is 1.86 bits per heavy atom. The summed E-state index contributed by atoms with van der Waals surface area (Å²) in [5, 5.41) is 4.14. The number of carbonyl (C=O) groups is 1. The van der Waals surface area contributed by atoms with E-state index >= 15 is 0 Å². The zero-order valence-electron chi connectivity index (χ0n) is 19.9. The number of para-hydroxylation sites is 2. The van der Waals surface area contributed by atoms with Gasteiger partial charge >= 0.3 is 0 Å². The molecule has 1 amide bonds. The highest BCUT2D eigenvalue weighted by Gasteiger charge is 2.32. The molecule has 2 aliphatic rings. The van der Waals surface area contributed by atoms with Crippen LogP contribution in [0.3, 0.4) is 0 Å². The van der Waals surface area contributed by atoms with Crippen molar-refractivity contribution in [3.63, 3.8) is 0 Å². The number of nitrogens with zero attached hydrogens (tertiary/aromatic N) is 5. The summed E-state index contributed by atoms with van der Waals surface area (Å²) in [4.78, 5) is 24.5. The molecule has 2 aromatic carbocycles. The second-order valence-electron chi connectivity index (χ2n) is 9.08. The van der Waals surface area contributed by atoms with Crippen molar-refractivity contribution in [2.45, 2.75) is 19.4 Å². The average Bonchev–Trinajstić information content (AvgIpc) is 3.37. The van der Waals surface area contributed by atoms with Crippen LogP contribution in [0.25, 0.3) is 11.4 Å². The van der Waals surface area contributed by atoms with Gasteiger partial charge in [-0.1, -0.05) is 33.2 Å². The summed E-state index contributed by atoms with van der Waals surface area (Å²) in [5.74, 6) is 2.32. The van der Waals surface area contributed by atoms with E-state index in [1.54, 1.807) is 7.11 Å². The van der Waals surface area contributed by atoms with Crippen molar-refractivity contribution in [2.24, 2.45) is 5.92 Å². The molecular weight excluding hydrogens is 510 g/mol. The highest BCUT2D eigenvalue weighted by Crippen LogP contribution is 2.29. The summed E-state index contributed by atoms with van der Waals surface area (Å²) in [5.41, 5.74) is 2.01. The number of benzene rings is 2. The summed E-state index contributed by atoms with van der Waals surface area (Å²) in [7, 11) is 1.70. The van der Waals surface area contributed by atoms with Crippen molar-refractivity contribution >= 4 is 27.5 Å². The monoisotopic (exact) mass is 539 g/mol. The van der Waals surface area contributed by atoms with Crippen molar-refractivity contribution in [3.8, 4) is 17.1 Å². The van der Waals surface area contributed by atoms with Gasteiger partial charge in [-0.3, -0.25) is 9.69 Å². The number of carbonyl (C=O) groups excluding carboxylic acids is 1. The first-order valence-corrected chi connectivity index (χ1v) is 12.9. The van der Waals surface area contributed by atoms with Crippen LogP contribution in [0.4, 0.5) is 5.69 Å². The SMILES string of the molecule is COc1ccccc1N1CCN(C(=O)C2CCCN(Cc3nc(-c4ccc(Br)cc4)no3)C2)CC1. The Labute approximate surface area is 214 Å². The lowest BCUT2D eigenvalue weighted by Crippen LogP contribution is -2.52. The first-order chi connectivity index (χ1) is 17.1. The molecule has 1 unspecified atom stereocenters. The predicted octanol–water partition coefficient (Wildman–Crippen LogP) is 4.07. The lowest BCUT2D eigenvalue weighted by Gasteiger charge is -2.39. The zero-order valence-corrected chi connectivity index (χ0v) is 21.5. The minimum atomic E-state index is 0.00965.